The first kappa shape index (κ1) is 14.7. The zero-order valence-corrected chi connectivity index (χ0v) is 12.8. The summed E-state index contributed by atoms with van der Waals surface area (Å²) in [5.41, 5.74) is 1.37. The fourth-order valence-corrected chi connectivity index (χ4v) is 2.77. The van der Waals surface area contributed by atoms with Crippen LogP contribution in [0.3, 0.4) is 0 Å². The molecule has 0 amide bonds. The largest absolute Gasteiger partial charge is 0.490 e. The fraction of sp³-hybridized carbons (Fsp3) is 0.625. The van der Waals surface area contributed by atoms with E-state index in [4.69, 9.17) is 4.74 Å². The highest BCUT2D eigenvalue weighted by Crippen LogP contribution is 2.28. The van der Waals surface area contributed by atoms with Crippen molar-refractivity contribution in [2.45, 2.75) is 45.3 Å². The monoisotopic (exact) mass is 279 g/mol. The quantitative estimate of drug-likeness (QED) is 0.737. The molecule has 1 atom stereocenters. The van der Waals surface area contributed by atoms with Crippen LogP contribution < -0.4 is 10.1 Å². The van der Waals surface area contributed by atoms with Gasteiger partial charge in [-0.05, 0) is 49.3 Å². The van der Waals surface area contributed by atoms with Crippen molar-refractivity contribution < 1.29 is 4.74 Å². The van der Waals surface area contributed by atoms with Gasteiger partial charge in [-0.25, -0.2) is 0 Å². The summed E-state index contributed by atoms with van der Waals surface area (Å²) in [4.78, 5) is 0. The second-order valence-electron chi connectivity index (χ2n) is 5.05. The fourth-order valence-electron chi connectivity index (χ4n) is 1.98. The van der Waals surface area contributed by atoms with Crippen LogP contribution in [-0.2, 0) is 0 Å². The lowest BCUT2D eigenvalue weighted by molar-refractivity contribution is 0.303. The summed E-state index contributed by atoms with van der Waals surface area (Å²) in [6.07, 6.45) is 4.09. The molecule has 19 heavy (non-hydrogen) atoms. The number of hydrogen-bond donors (Lipinski definition) is 1. The number of benzene rings is 1. The van der Waals surface area contributed by atoms with Gasteiger partial charge in [0.2, 0.25) is 0 Å². The van der Waals surface area contributed by atoms with Crippen LogP contribution in [0.15, 0.2) is 24.3 Å². The Labute approximate surface area is 121 Å². The zero-order valence-electron chi connectivity index (χ0n) is 12.0. The first-order chi connectivity index (χ1) is 9.33. The van der Waals surface area contributed by atoms with E-state index in [1.54, 1.807) is 0 Å². The Morgan fingerprint density at radius 2 is 2.00 bits per heavy atom. The second-order valence-corrected chi connectivity index (χ2v) is 6.37. The maximum Gasteiger partial charge on any atom is 0.119 e. The highest BCUT2D eigenvalue weighted by atomic mass is 32.2. The van der Waals surface area contributed by atoms with Crippen molar-refractivity contribution in [3.05, 3.63) is 29.8 Å². The Morgan fingerprint density at radius 3 is 2.58 bits per heavy atom. The zero-order chi connectivity index (χ0) is 13.5. The molecule has 1 aliphatic carbocycles. The van der Waals surface area contributed by atoms with Gasteiger partial charge in [0, 0.05) is 11.8 Å². The van der Waals surface area contributed by atoms with E-state index < -0.39 is 0 Å². The molecule has 1 aromatic carbocycles. The maximum atomic E-state index is 5.80. The number of rotatable bonds is 9. The summed E-state index contributed by atoms with van der Waals surface area (Å²) in [6.45, 7) is 5.51. The summed E-state index contributed by atoms with van der Waals surface area (Å²) in [6, 6.07) is 9.11. The summed E-state index contributed by atoms with van der Waals surface area (Å²) in [5, 5.41) is 3.63. The Bertz CT molecular complexity index is 354. The Balaban J connectivity index is 1.93. The number of nitrogens with one attached hydrogen (secondary N) is 1. The maximum absolute atomic E-state index is 5.80. The molecule has 1 aromatic rings. The van der Waals surface area contributed by atoms with Crippen LogP contribution in [-0.4, -0.2) is 24.2 Å². The molecule has 1 aliphatic rings. The van der Waals surface area contributed by atoms with Gasteiger partial charge >= 0.3 is 0 Å². The standard InChI is InChI=1S/C16H25NOS/c1-3-11-17-16(12-19-4-2)13-5-7-14(8-6-13)18-15-9-10-15/h5-8,15-17H,3-4,9-12H2,1-2H3. The first-order valence-electron chi connectivity index (χ1n) is 7.41. The van der Waals surface area contributed by atoms with E-state index in [1.165, 1.54) is 30.6 Å². The third-order valence-electron chi connectivity index (χ3n) is 3.24. The topological polar surface area (TPSA) is 21.3 Å². The first-order valence-corrected chi connectivity index (χ1v) is 8.56. The molecule has 1 fully saturated rings. The van der Waals surface area contributed by atoms with Crippen molar-refractivity contribution in [2.24, 2.45) is 0 Å². The van der Waals surface area contributed by atoms with Gasteiger partial charge in [0.1, 0.15) is 5.75 Å². The van der Waals surface area contributed by atoms with Crippen molar-refractivity contribution >= 4 is 11.8 Å². The van der Waals surface area contributed by atoms with Crippen molar-refractivity contribution in [3.8, 4) is 5.75 Å². The van der Waals surface area contributed by atoms with Gasteiger partial charge in [0.05, 0.1) is 6.10 Å². The summed E-state index contributed by atoms with van der Waals surface area (Å²) in [7, 11) is 0. The molecule has 1 N–H and O–H groups in total. The Morgan fingerprint density at radius 1 is 1.26 bits per heavy atom. The van der Waals surface area contributed by atoms with Crippen LogP contribution in [0.2, 0.25) is 0 Å². The normalized spacial score (nSPS) is 16.3. The molecule has 0 bridgehead atoms. The Kier molecular flexibility index (Phi) is 6.05. The predicted molar refractivity (Wildman–Crippen MR) is 84.1 cm³/mol. The van der Waals surface area contributed by atoms with Crippen LogP contribution in [0.5, 0.6) is 5.75 Å². The van der Waals surface area contributed by atoms with Gasteiger partial charge in [-0.1, -0.05) is 26.0 Å². The molecule has 1 unspecified atom stereocenters. The molecule has 106 valence electrons. The van der Waals surface area contributed by atoms with Gasteiger partial charge in [0.15, 0.2) is 0 Å². The molecular formula is C16H25NOS. The van der Waals surface area contributed by atoms with E-state index >= 15 is 0 Å². The van der Waals surface area contributed by atoms with Crippen LogP contribution in [0.4, 0.5) is 0 Å². The highest BCUT2D eigenvalue weighted by molar-refractivity contribution is 7.99. The number of thioether (sulfide) groups is 1. The molecule has 0 aliphatic heterocycles. The molecule has 0 saturated heterocycles. The van der Waals surface area contributed by atoms with Crippen molar-refractivity contribution in [2.75, 3.05) is 18.1 Å². The van der Waals surface area contributed by atoms with Crippen molar-refractivity contribution in [3.63, 3.8) is 0 Å². The lowest BCUT2D eigenvalue weighted by Crippen LogP contribution is -2.24. The summed E-state index contributed by atoms with van der Waals surface area (Å²) >= 11 is 1.99. The van der Waals surface area contributed by atoms with Gasteiger partial charge < -0.3 is 10.1 Å². The second kappa shape index (κ2) is 7.81. The molecule has 2 nitrogen and oxygen atoms in total. The van der Waals surface area contributed by atoms with Crippen LogP contribution in [0.25, 0.3) is 0 Å². The SMILES string of the molecule is CCCNC(CSCC)c1ccc(OC2CC2)cc1. The molecule has 0 spiro atoms. The van der Waals surface area contributed by atoms with E-state index in [1.807, 2.05) is 11.8 Å². The van der Waals surface area contributed by atoms with Crippen LogP contribution in [0.1, 0.15) is 44.7 Å². The van der Waals surface area contributed by atoms with Crippen molar-refractivity contribution in [1.29, 1.82) is 0 Å². The van der Waals surface area contributed by atoms with E-state index in [9.17, 15) is 0 Å². The van der Waals surface area contributed by atoms with E-state index in [0.717, 1.165) is 18.0 Å². The minimum absolute atomic E-state index is 0.458. The average molecular weight is 279 g/mol. The highest BCUT2D eigenvalue weighted by Gasteiger charge is 2.23. The van der Waals surface area contributed by atoms with Gasteiger partial charge in [-0.3, -0.25) is 0 Å². The van der Waals surface area contributed by atoms with Crippen LogP contribution in [0, 0.1) is 0 Å². The van der Waals surface area contributed by atoms with Crippen molar-refractivity contribution in [1.82, 2.24) is 5.32 Å². The minimum Gasteiger partial charge on any atom is -0.490 e. The third kappa shape index (κ3) is 5.07. The number of hydrogen-bond acceptors (Lipinski definition) is 3. The molecule has 2 rings (SSSR count). The van der Waals surface area contributed by atoms with Crippen LogP contribution >= 0.6 is 11.8 Å². The lowest BCUT2D eigenvalue weighted by Gasteiger charge is -2.19. The molecule has 0 heterocycles. The molecule has 0 aromatic heterocycles. The molecule has 3 heteroatoms. The predicted octanol–water partition coefficient (Wildman–Crippen LogP) is 4.02. The van der Waals surface area contributed by atoms with Gasteiger partial charge in [0.25, 0.3) is 0 Å². The lowest BCUT2D eigenvalue weighted by atomic mass is 10.1. The number of ether oxygens (including phenoxy) is 1. The minimum atomic E-state index is 0.458. The van der Waals surface area contributed by atoms with Gasteiger partial charge in [-0.2, -0.15) is 11.8 Å². The summed E-state index contributed by atoms with van der Waals surface area (Å²) in [5.74, 6) is 3.33. The Hall–Kier alpha value is -0.670. The van der Waals surface area contributed by atoms with E-state index in [0.29, 0.717) is 12.1 Å². The molecular weight excluding hydrogens is 254 g/mol. The third-order valence-corrected chi connectivity index (χ3v) is 4.22. The summed E-state index contributed by atoms with van der Waals surface area (Å²) < 4.78 is 5.80. The molecule has 0 radical (unpaired) electrons. The average Bonchev–Trinajstić information content (AvgIpc) is 3.24. The molecule has 1 saturated carbocycles. The smallest absolute Gasteiger partial charge is 0.119 e. The van der Waals surface area contributed by atoms with E-state index in [2.05, 4.69) is 43.4 Å². The van der Waals surface area contributed by atoms with E-state index in [-0.39, 0.29) is 0 Å². The van der Waals surface area contributed by atoms with Gasteiger partial charge in [-0.15, -0.1) is 0 Å².